The lowest BCUT2D eigenvalue weighted by Crippen LogP contribution is -2.35. The largest absolute Gasteiger partial charge is 0.463 e. The minimum Gasteiger partial charge on any atom is -0.463 e. The van der Waals surface area contributed by atoms with Gasteiger partial charge in [0, 0.05) is 18.7 Å². The molecule has 0 N–H and O–H groups in total. The molecule has 1 aliphatic rings. The normalized spacial score (nSPS) is 12.1. The molecule has 6 heteroatoms. The van der Waals surface area contributed by atoms with Crippen LogP contribution in [0.25, 0.3) is 11.0 Å². The Balaban J connectivity index is 1.49. The third-order valence-electron chi connectivity index (χ3n) is 5.55. The summed E-state index contributed by atoms with van der Waals surface area (Å²) in [6, 6.07) is 22.5. The van der Waals surface area contributed by atoms with E-state index in [4.69, 9.17) is 13.9 Å². The molecule has 1 amide bonds. The van der Waals surface area contributed by atoms with Crippen molar-refractivity contribution < 1.29 is 18.7 Å². The molecular weight excluding hydrogens is 406 g/mol. The van der Waals surface area contributed by atoms with Crippen molar-refractivity contribution in [2.75, 3.05) is 13.3 Å². The number of rotatable bonds is 6. The molecule has 2 heterocycles. The van der Waals surface area contributed by atoms with Crippen LogP contribution < -0.4 is 14.9 Å². The summed E-state index contributed by atoms with van der Waals surface area (Å²) < 4.78 is 16.7. The second-order valence-corrected chi connectivity index (χ2v) is 7.59. The predicted molar refractivity (Wildman–Crippen MR) is 120 cm³/mol. The van der Waals surface area contributed by atoms with Crippen molar-refractivity contribution in [3.63, 3.8) is 0 Å². The van der Waals surface area contributed by atoms with Crippen LogP contribution in [0.1, 0.15) is 21.5 Å². The zero-order valence-corrected chi connectivity index (χ0v) is 17.3. The smallest absolute Gasteiger partial charge is 0.261 e. The lowest BCUT2D eigenvalue weighted by molar-refractivity contribution is 0.0740. The highest BCUT2D eigenvalue weighted by Gasteiger charge is 2.24. The summed E-state index contributed by atoms with van der Waals surface area (Å²) in [5, 5.41) is 0.388. The maximum absolute atomic E-state index is 13.5. The molecular formula is C26H21NO5. The van der Waals surface area contributed by atoms with Crippen LogP contribution in [0.5, 0.6) is 11.5 Å². The van der Waals surface area contributed by atoms with E-state index < -0.39 is 0 Å². The molecule has 0 spiro atoms. The molecule has 160 valence electrons. The zero-order valence-electron chi connectivity index (χ0n) is 17.3. The van der Waals surface area contributed by atoms with Crippen molar-refractivity contribution in [2.24, 2.45) is 0 Å². The molecule has 0 saturated heterocycles. The Kier molecular flexibility index (Phi) is 5.34. The van der Waals surface area contributed by atoms with Gasteiger partial charge in [0.2, 0.25) is 12.2 Å². The van der Waals surface area contributed by atoms with E-state index >= 15 is 0 Å². The highest BCUT2D eigenvalue weighted by atomic mass is 16.7. The standard InChI is InChI=1S/C26H21NO5/c28-24-20-10-4-5-11-22(20)30-16-21(24)26(29)27(14-13-18-7-2-1-3-8-18)15-19-9-6-12-23-25(19)32-17-31-23/h1-12,16H,13-15,17H2. The zero-order chi connectivity index (χ0) is 21.9. The molecule has 0 unspecified atom stereocenters. The van der Waals surface area contributed by atoms with Crippen molar-refractivity contribution in [1.82, 2.24) is 4.90 Å². The number of para-hydroxylation sites is 2. The molecule has 1 aromatic heterocycles. The van der Waals surface area contributed by atoms with Crippen LogP contribution in [0.2, 0.25) is 0 Å². The molecule has 3 aromatic carbocycles. The number of hydrogen-bond acceptors (Lipinski definition) is 5. The summed E-state index contributed by atoms with van der Waals surface area (Å²) in [4.78, 5) is 28.2. The van der Waals surface area contributed by atoms with Crippen LogP contribution >= 0.6 is 0 Å². The minimum absolute atomic E-state index is 0.0153. The average molecular weight is 427 g/mol. The van der Waals surface area contributed by atoms with Crippen molar-refractivity contribution in [1.29, 1.82) is 0 Å². The van der Waals surface area contributed by atoms with Gasteiger partial charge in [-0.2, -0.15) is 0 Å². The maximum atomic E-state index is 13.5. The average Bonchev–Trinajstić information content (AvgIpc) is 3.32. The molecule has 32 heavy (non-hydrogen) atoms. The van der Waals surface area contributed by atoms with Crippen molar-refractivity contribution in [3.05, 3.63) is 106 Å². The fraction of sp³-hybridized carbons (Fsp3) is 0.154. The van der Waals surface area contributed by atoms with Gasteiger partial charge < -0.3 is 18.8 Å². The van der Waals surface area contributed by atoms with Crippen LogP contribution in [-0.2, 0) is 13.0 Å². The van der Waals surface area contributed by atoms with Crippen molar-refractivity contribution >= 4 is 16.9 Å². The summed E-state index contributed by atoms with van der Waals surface area (Å²) in [6.45, 7) is 0.864. The SMILES string of the molecule is O=C(c1coc2ccccc2c1=O)N(CCc1ccccc1)Cc1cccc2c1OCO2. The van der Waals surface area contributed by atoms with Crippen LogP contribution in [0.15, 0.2) is 88.3 Å². The van der Waals surface area contributed by atoms with Gasteiger partial charge in [-0.1, -0.05) is 54.6 Å². The molecule has 0 fully saturated rings. The monoisotopic (exact) mass is 427 g/mol. The lowest BCUT2D eigenvalue weighted by atomic mass is 10.1. The third-order valence-corrected chi connectivity index (χ3v) is 5.55. The number of carbonyl (C=O) groups excluding carboxylic acids is 1. The molecule has 4 aromatic rings. The summed E-state index contributed by atoms with van der Waals surface area (Å²) >= 11 is 0. The molecule has 0 saturated carbocycles. The molecule has 0 aliphatic carbocycles. The van der Waals surface area contributed by atoms with Crippen molar-refractivity contribution in [3.8, 4) is 11.5 Å². The second-order valence-electron chi connectivity index (χ2n) is 7.59. The summed E-state index contributed by atoms with van der Waals surface area (Å²) in [5.74, 6) is 0.913. The molecule has 0 bridgehead atoms. The Labute approximate surface area is 184 Å². The Morgan fingerprint density at radius 3 is 2.59 bits per heavy atom. The number of amides is 1. The molecule has 1 aliphatic heterocycles. The van der Waals surface area contributed by atoms with Gasteiger partial charge in [0.1, 0.15) is 17.4 Å². The first kappa shape index (κ1) is 19.9. The quantitative estimate of drug-likeness (QED) is 0.456. The first-order chi connectivity index (χ1) is 15.7. The van der Waals surface area contributed by atoms with Gasteiger partial charge in [0.25, 0.3) is 5.91 Å². The lowest BCUT2D eigenvalue weighted by Gasteiger charge is -2.23. The number of hydrogen-bond donors (Lipinski definition) is 0. The number of nitrogens with zero attached hydrogens (tertiary/aromatic N) is 1. The Hall–Kier alpha value is -4.06. The van der Waals surface area contributed by atoms with E-state index in [2.05, 4.69) is 0 Å². The minimum atomic E-state index is -0.378. The van der Waals surface area contributed by atoms with Crippen molar-refractivity contribution in [2.45, 2.75) is 13.0 Å². The van der Waals surface area contributed by atoms with E-state index in [0.717, 1.165) is 11.1 Å². The van der Waals surface area contributed by atoms with Gasteiger partial charge >= 0.3 is 0 Å². The van der Waals surface area contributed by atoms with Crippen LogP contribution in [0, 0.1) is 0 Å². The molecule has 0 radical (unpaired) electrons. The van der Waals surface area contributed by atoms with E-state index in [0.29, 0.717) is 35.4 Å². The topological polar surface area (TPSA) is 69.0 Å². The fourth-order valence-electron chi connectivity index (χ4n) is 3.88. The highest BCUT2D eigenvalue weighted by Crippen LogP contribution is 2.36. The molecule has 6 nitrogen and oxygen atoms in total. The third kappa shape index (κ3) is 3.83. The highest BCUT2D eigenvalue weighted by molar-refractivity contribution is 5.96. The maximum Gasteiger partial charge on any atom is 0.261 e. The van der Waals surface area contributed by atoms with E-state index in [9.17, 15) is 9.59 Å². The Morgan fingerprint density at radius 1 is 0.906 bits per heavy atom. The van der Waals surface area contributed by atoms with Gasteiger partial charge in [-0.3, -0.25) is 9.59 Å². The first-order valence-corrected chi connectivity index (χ1v) is 10.4. The summed E-state index contributed by atoms with van der Waals surface area (Å²) in [6.07, 6.45) is 1.91. The van der Waals surface area contributed by atoms with E-state index in [-0.39, 0.29) is 30.2 Å². The number of fused-ring (bicyclic) bond motifs is 2. The summed E-state index contributed by atoms with van der Waals surface area (Å²) in [7, 11) is 0. The van der Waals surface area contributed by atoms with Gasteiger partial charge in [0.05, 0.1) is 5.39 Å². The van der Waals surface area contributed by atoms with E-state index in [1.165, 1.54) is 6.26 Å². The summed E-state index contributed by atoms with van der Waals surface area (Å²) in [5.41, 5.74) is 2.07. The Bertz CT molecular complexity index is 1330. The van der Waals surface area contributed by atoms with Crippen LogP contribution in [0.4, 0.5) is 0 Å². The first-order valence-electron chi connectivity index (χ1n) is 10.4. The molecule has 5 rings (SSSR count). The van der Waals surface area contributed by atoms with Crippen LogP contribution in [0.3, 0.4) is 0 Å². The number of carbonyl (C=O) groups is 1. The molecule has 0 atom stereocenters. The van der Waals surface area contributed by atoms with Gasteiger partial charge in [0.15, 0.2) is 11.5 Å². The van der Waals surface area contributed by atoms with Gasteiger partial charge in [-0.15, -0.1) is 0 Å². The number of ether oxygens (including phenoxy) is 2. The van der Waals surface area contributed by atoms with Gasteiger partial charge in [-0.25, -0.2) is 0 Å². The van der Waals surface area contributed by atoms with E-state index in [1.54, 1.807) is 29.2 Å². The predicted octanol–water partition coefficient (Wildman–Crippen LogP) is 4.41. The van der Waals surface area contributed by atoms with E-state index in [1.807, 2.05) is 48.5 Å². The van der Waals surface area contributed by atoms with Crippen LogP contribution in [-0.4, -0.2) is 24.1 Å². The van der Waals surface area contributed by atoms with Gasteiger partial charge in [-0.05, 0) is 30.2 Å². The Morgan fingerprint density at radius 2 is 1.72 bits per heavy atom. The number of benzene rings is 3. The fourth-order valence-corrected chi connectivity index (χ4v) is 3.88. The second kappa shape index (κ2) is 8.59.